The summed E-state index contributed by atoms with van der Waals surface area (Å²) in [6, 6.07) is 15.1. The molecule has 6 rings (SSSR count). The zero-order chi connectivity index (χ0) is 40.5. The fourth-order valence-corrected chi connectivity index (χ4v) is 9.18. The van der Waals surface area contributed by atoms with Crippen LogP contribution in [0.1, 0.15) is 177 Å². The SMILES string of the molecule is CCCCCCCCCc1c(F)cc(C(=O)Oc2cccc3c2[C@@]2(CC3)CCc3cccc(OC(=O)c4cc(F)c(C(C)CCCCCCC)c(F)c4)c32)cc1F. The molecule has 0 aromatic heterocycles. The molecule has 0 amide bonds. The molecule has 0 saturated carbocycles. The molecule has 2 aliphatic rings. The molecule has 4 nitrogen and oxygen atoms in total. The molecule has 2 atom stereocenters. The van der Waals surface area contributed by atoms with E-state index < -0.39 is 40.6 Å². The summed E-state index contributed by atoms with van der Waals surface area (Å²) >= 11 is 0. The number of aryl methyl sites for hydroxylation is 2. The van der Waals surface area contributed by atoms with Crippen LogP contribution in [-0.4, -0.2) is 11.9 Å². The number of fused-ring (bicyclic) bond motifs is 4. The fraction of sp³-hybridized carbons (Fsp3) is 0.469. The Hall–Kier alpha value is -4.46. The van der Waals surface area contributed by atoms with Crippen molar-refractivity contribution in [2.45, 2.75) is 148 Å². The van der Waals surface area contributed by atoms with Gasteiger partial charge in [-0.15, -0.1) is 0 Å². The molecule has 1 unspecified atom stereocenters. The third-order valence-corrected chi connectivity index (χ3v) is 12.2. The summed E-state index contributed by atoms with van der Waals surface area (Å²) in [5.74, 6) is -4.60. The molecule has 0 bridgehead atoms. The van der Waals surface area contributed by atoms with Gasteiger partial charge < -0.3 is 9.47 Å². The fourth-order valence-electron chi connectivity index (χ4n) is 9.18. The van der Waals surface area contributed by atoms with Crippen molar-refractivity contribution in [2.24, 2.45) is 0 Å². The molecule has 0 saturated heterocycles. The highest BCUT2D eigenvalue weighted by Crippen LogP contribution is 2.57. The molecule has 8 heteroatoms. The quantitative estimate of drug-likeness (QED) is 0.0411. The van der Waals surface area contributed by atoms with Gasteiger partial charge in [0.1, 0.15) is 34.8 Å². The predicted octanol–water partition coefficient (Wildman–Crippen LogP) is 13.6. The van der Waals surface area contributed by atoms with Crippen molar-refractivity contribution in [2.75, 3.05) is 0 Å². The Bertz CT molecular complexity index is 2010. The average Bonchev–Trinajstić information content (AvgIpc) is 3.76. The Morgan fingerprint density at radius 2 is 1.05 bits per heavy atom. The standard InChI is InChI=1S/C49H56F4O4/c1-4-6-8-10-11-13-15-21-37-38(50)28-35(29-39(37)51)47(54)56-42-22-16-19-33-24-26-49(45(33)42)27-25-34-20-17-23-43(46(34)49)57-48(55)36-30-40(52)44(41(53)31-36)32(3)18-14-12-9-7-5-2/h16-17,19-20,22-23,28-32H,4-15,18,21,24-27H2,1-3H3/t32?,49-/m1/s1. The number of carbonyl (C=O) groups is 2. The second kappa shape index (κ2) is 19.3. The van der Waals surface area contributed by atoms with Crippen LogP contribution in [-0.2, 0) is 24.7 Å². The minimum absolute atomic E-state index is 0.0174. The van der Waals surface area contributed by atoms with Crippen molar-refractivity contribution in [3.63, 3.8) is 0 Å². The smallest absolute Gasteiger partial charge is 0.343 e. The molecule has 304 valence electrons. The maximum atomic E-state index is 15.4. The van der Waals surface area contributed by atoms with Gasteiger partial charge in [0.05, 0.1) is 11.1 Å². The van der Waals surface area contributed by atoms with Gasteiger partial charge in [0.15, 0.2) is 0 Å². The van der Waals surface area contributed by atoms with Gasteiger partial charge >= 0.3 is 11.9 Å². The van der Waals surface area contributed by atoms with Crippen molar-refractivity contribution < 1.29 is 36.6 Å². The summed E-state index contributed by atoms with van der Waals surface area (Å²) in [4.78, 5) is 27.2. The van der Waals surface area contributed by atoms with Crippen LogP contribution in [0.4, 0.5) is 17.6 Å². The number of benzene rings is 4. The Kier molecular flexibility index (Phi) is 14.3. The first-order chi connectivity index (χ1) is 27.6. The predicted molar refractivity (Wildman–Crippen MR) is 216 cm³/mol. The van der Waals surface area contributed by atoms with Gasteiger partial charge in [0.25, 0.3) is 0 Å². The zero-order valence-corrected chi connectivity index (χ0v) is 33.7. The molecule has 0 aliphatic heterocycles. The van der Waals surface area contributed by atoms with Gasteiger partial charge in [-0.1, -0.05) is 116 Å². The van der Waals surface area contributed by atoms with Crippen LogP contribution in [0.5, 0.6) is 11.5 Å². The maximum absolute atomic E-state index is 15.4. The van der Waals surface area contributed by atoms with Gasteiger partial charge in [-0.05, 0) is 98.4 Å². The Morgan fingerprint density at radius 3 is 1.54 bits per heavy atom. The van der Waals surface area contributed by atoms with Crippen LogP contribution in [0.3, 0.4) is 0 Å². The zero-order valence-electron chi connectivity index (χ0n) is 33.7. The number of unbranched alkanes of at least 4 members (excludes halogenated alkanes) is 10. The highest BCUT2D eigenvalue weighted by molar-refractivity contribution is 5.92. The van der Waals surface area contributed by atoms with Crippen molar-refractivity contribution in [3.8, 4) is 11.5 Å². The number of rotatable bonds is 19. The van der Waals surface area contributed by atoms with E-state index >= 15 is 17.6 Å². The van der Waals surface area contributed by atoms with E-state index in [-0.39, 0.29) is 46.1 Å². The van der Waals surface area contributed by atoms with E-state index in [0.717, 1.165) is 104 Å². The summed E-state index contributed by atoms with van der Waals surface area (Å²) in [6.45, 7) is 6.11. The molecule has 0 fully saturated rings. The molecule has 57 heavy (non-hydrogen) atoms. The Balaban J connectivity index is 1.20. The number of esters is 2. The maximum Gasteiger partial charge on any atom is 0.343 e. The van der Waals surface area contributed by atoms with Crippen molar-refractivity contribution in [1.82, 2.24) is 0 Å². The van der Waals surface area contributed by atoms with Crippen LogP contribution in [0.25, 0.3) is 0 Å². The van der Waals surface area contributed by atoms with Gasteiger partial charge in [0.2, 0.25) is 0 Å². The molecule has 4 aromatic carbocycles. The molecule has 4 aromatic rings. The number of hydrogen-bond acceptors (Lipinski definition) is 4. The molecular weight excluding hydrogens is 729 g/mol. The first-order valence-electron chi connectivity index (χ1n) is 21.2. The van der Waals surface area contributed by atoms with Crippen LogP contribution < -0.4 is 9.47 Å². The third kappa shape index (κ3) is 9.48. The van der Waals surface area contributed by atoms with Crippen molar-refractivity contribution >= 4 is 11.9 Å². The molecule has 0 heterocycles. The van der Waals surface area contributed by atoms with E-state index in [2.05, 4.69) is 13.8 Å². The monoisotopic (exact) mass is 784 g/mol. The van der Waals surface area contributed by atoms with Gasteiger partial charge in [-0.3, -0.25) is 0 Å². The second-order valence-electron chi connectivity index (χ2n) is 16.2. The molecule has 0 N–H and O–H groups in total. The summed E-state index contributed by atoms with van der Waals surface area (Å²) in [6.07, 6.45) is 16.0. The van der Waals surface area contributed by atoms with Crippen molar-refractivity contribution in [1.29, 1.82) is 0 Å². The minimum atomic E-state index is -0.876. The number of hydrogen-bond donors (Lipinski definition) is 0. The van der Waals surface area contributed by atoms with Crippen LogP contribution in [0.2, 0.25) is 0 Å². The lowest BCUT2D eigenvalue weighted by Gasteiger charge is -2.29. The third-order valence-electron chi connectivity index (χ3n) is 12.2. The molecule has 0 radical (unpaired) electrons. The molecular formula is C49H56F4O4. The van der Waals surface area contributed by atoms with E-state index in [9.17, 15) is 9.59 Å². The van der Waals surface area contributed by atoms with Crippen LogP contribution >= 0.6 is 0 Å². The van der Waals surface area contributed by atoms with E-state index in [4.69, 9.17) is 9.47 Å². The summed E-state index contributed by atoms with van der Waals surface area (Å²) in [7, 11) is 0. The van der Waals surface area contributed by atoms with Crippen LogP contribution in [0, 0.1) is 23.3 Å². The lowest BCUT2D eigenvalue weighted by Crippen LogP contribution is -2.25. The molecule has 1 spiro atoms. The summed E-state index contributed by atoms with van der Waals surface area (Å²) in [5.41, 5.74) is 2.27. The van der Waals surface area contributed by atoms with Crippen LogP contribution in [0.15, 0.2) is 60.7 Å². The van der Waals surface area contributed by atoms with Crippen molar-refractivity contribution in [3.05, 3.63) is 128 Å². The second-order valence-corrected chi connectivity index (χ2v) is 16.2. The Labute approximate surface area is 335 Å². The Morgan fingerprint density at radius 1 is 0.614 bits per heavy atom. The van der Waals surface area contributed by atoms with E-state index in [0.29, 0.717) is 38.5 Å². The van der Waals surface area contributed by atoms with E-state index in [1.807, 2.05) is 19.1 Å². The lowest BCUT2D eigenvalue weighted by atomic mass is 9.76. The van der Waals surface area contributed by atoms with E-state index in [1.54, 1.807) is 24.3 Å². The highest BCUT2D eigenvalue weighted by atomic mass is 19.1. The molecule has 2 aliphatic carbocycles. The average molecular weight is 785 g/mol. The minimum Gasteiger partial charge on any atom is -0.423 e. The van der Waals surface area contributed by atoms with Gasteiger partial charge in [-0.2, -0.15) is 0 Å². The first-order valence-corrected chi connectivity index (χ1v) is 21.2. The van der Waals surface area contributed by atoms with Gasteiger partial charge in [0, 0.05) is 27.7 Å². The number of halogens is 4. The highest BCUT2D eigenvalue weighted by Gasteiger charge is 2.49. The largest absolute Gasteiger partial charge is 0.423 e. The lowest BCUT2D eigenvalue weighted by molar-refractivity contribution is 0.0724. The summed E-state index contributed by atoms with van der Waals surface area (Å²) < 4.78 is 73.3. The normalized spacial score (nSPS) is 16.1. The topological polar surface area (TPSA) is 52.6 Å². The number of ether oxygens (including phenoxy) is 2. The number of carbonyl (C=O) groups excluding carboxylic acids is 2. The first kappa shape index (κ1) is 42.2. The van der Waals surface area contributed by atoms with Gasteiger partial charge in [-0.25, -0.2) is 27.2 Å². The van der Waals surface area contributed by atoms with E-state index in [1.165, 1.54) is 12.8 Å². The summed E-state index contributed by atoms with van der Waals surface area (Å²) in [5, 5.41) is 0.